The van der Waals surface area contributed by atoms with Crippen molar-refractivity contribution in [2.24, 2.45) is 0 Å². The number of hydrogen-bond donors (Lipinski definition) is 1. The molecule has 1 amide bonds. The number of carbonyl (C=O) groups excluding carboxylic acids is 1. The molecule has 1 heterocycles. The maximum atomic E-state index is 12.9. The molecule has 3 rings (SSSR count). The van der Waals surface area contributed by atoms with Crippen LogP contribution in [0.4, 0.5) is 11.4 Å². The highest BCUT2D eigenvalue weighted by molar-refractivity contribution is 6.39. The Balaban J connectivity index is 2.06. The molecule has 2 aromatic carbocycles. The monoisotopic (exact) mass is 405 g/mol. The van der Waals surface area contributed by atoms with Gasteiger partial charge in [0.1, 0.15) is 22.7 Å². The number of aromatic nitrogens is 1. The number of hydrogen-bond acceptors (Lipinski definition) is 5. The molecule has 7 nitrogen and oxygen atoms in total. The lowest BCUT2D eigenvalue weighted by Crippen LogP contribution is -2.14. The average Bonchev–Trinajstić information content (AvgIpc) is 2.97. The third-order valence-corrected chi connectivity index (χ3v) is 4.52. The minimum absolute atomic E-state index is 0.0624. The van der Waals surface area contributed by atoms with Gasteiger partial charge in [-0.05, 0) is 37.6 Å². The second-order valence-electron chi connectivity index (χ2n) is 5.79. The van der Waals surface area contributed by atoms with E-state index < -0.39 is 10.8 Å². The molecule has 0 fully saturated rings. The van der Waals surface area contributed by atoms with Gasteiger partial charge in [0.2, 0.25) is 0 Å². The van der Waals surface area contributed by atoms with Crippen molar-refractivity contribution < 1.29 is 14.2 Å². The zero-order chi connectivity index (χ0) is 19.7. The first-order valence-corrected chi connectivity index (χ1v) is 8.52. The number of carbonyl (C=O) groups is 1. The van der Waals surface area contributed by atoms with Crippen LogP contribution in [0, 0.1) is 24.0 Å². The van der Waals surface area contributed by atoms with Gasteiger partial charge in [-0.1, -0.05) is 40.5 Å². The van der Waals surface area contributed by atoms with Gasteiger partial charge in [0, 0.05) is 11.6 Å². The lowest BCUT2D eigenvalue weighted by Gasteiger charge is -2.09. The topological polar surface area (TPSA) is 98.3 Å². The zero-order valence-electron chi connectivity index (χ0n) is 14.2. The van der Waals surface area contributed by atoms with E-state index in [1.807, 2.05) is 0 Å². The summed E-state index contributed by atoms with van der Waals surface area (Å²) in [5.41, 5.74) is 1.16. The fraction of sp³-hybridized carbons (Fsp3) is 0.111. The van der Waals surface area contributed by atoms with Crippen molar-refractivity contribution >= 4 is 40.5 Å². The molecule has 1 N–H and O–H groups in total. The van der Waals surface area contributed by atoms with Gasteiger partial charge in [0.15, 0.2) is 0 Å². The summed E-state index contributed by atoms with van der Waals surface area (Å²) >= 11 is 12.4. The highest BCUT2D eigenvalue weighted by Gasteiger charge is 2.26. The number of nitrogens with zero attached hydrogens (tertiary/aromatic N) is 2. The average molecular weight is 406 g/mol. The molecule has 0 aliphatic carbocycles. The third kappa shape index (κ3) is 3.65. The predicted octanol–water partition coefficient (Wildman–Crippen LogP) is 5.43. The molecule has 0 aliphatic heterocycles. The van der Waals surface area contributed by atoms with Crippen molar-refractivity contribution in [2.75, 3.05) is 5.32 Å². The van der Waals surface area contributed by atoms with E-state index in [1.54, 1.807) is 38.1 Å². The fourth-order valence-electron chi connectivity index (χ4n) is 2.62. The van der Waals surface area contributed by atoms with Crippen LogP contribution in [0.5, 0.6) is 0 Å². The second kappa shape index (κ2) is 7.38. The first-order chi connectivity index (χ1) is 12.8. The van der Waals surface area contributed by atoms with E-state index in [4.69, 9.17) is 27.7 Å². The summed E-state index contributed by atoms with van der Waals surface area (Å²) in [6.45, 7) is 3.28. The molecule has 0 spiro atoms. The van der Waals surface area contributed by atoms with Gasteiger partial charge < -0.3 is 9.84 Å². The van der Waals surface area contributed by atoms with Crippen molar-refractivity contribution in [3.05, 3.63) is 73.4 Å². The zero-order valence-corrected chi connectivity index (χ0v) is 15.8. The number of nitrogens with one attached hydrogen (secondary N) is 1. The Morgan fingerprint density at radius 1 is 1.19 bits per heavy atom. The number of nitro benzene ring substituents is 1. The first kappa shape index (κ1) is 18.9. The highest BCUT2D eigenvalue weighted by atomic mass is 35.5. The number of rotatable bonds is 4. The van der Waals surface area contributed by atoms with Crippen molar-refractivity contribution in [1.29, 1.82) is 0 Å². The summed E-state index contributed by atoms with van der Waals surface area (Å²) in [5.74, 6) is -0.389. The summed E-state index contributed by atoms with van der Waals surface area (Å²) in [5, 5.41) is 18.3. The molecule has 9 heteroatoms. The lowest BCUT2D eigenvalue weighted by molar-refractivity contribution is -0.384. The Bertz CT molecular complexity index is 1040. The van der Waals surface area contributed by atoms with Crippen LogP contribution in [0.1, 0.15) is 21.7 Å². The van der Waals surface area contributed by atoms with E-state index in [2.05, 4.69) is 10.5 Å². The van der Waals surface area contributed by atoms with E-state index in [0.717, 1.165) is 0 Å². The molecule has 3 aromatic rings. The lowest BCUT2D eigenvalue weighted by atomic mass is 10.1. The molecule has 0 atom stereocenters. The maximum absolute atomic E-state index is 12.9. The molecule has 27 heavy (non-hydrogen) atoms. The van der Waals surface area contributed by atoms with Crippen LogP contribution in [0.25, 0.3) is 11.3 Å². The Hall–Kier alpha value is -2.90. The molecule has 0 radical (unpaired) electrons. The number of nitro groups is 1. The standard InChI is InChI=1S/C18H13Cl2N3O4/c1-9-6-7-13(14(8-9)23(25)26)21-18(24)15-10(2)27-22-17(15)16-11(19)4-3-5-12(16)20/h3-8H,1-2H3,(H,21,24). The second-order valence-corrected chi connectivity index (χ2v) is 6.61. The van der Waals surface area contributed by atoms with E-state index in [-0.39, 0.29) is 28.4 Å². The van der Waals surface area contributed by atoms with Crippen LogP contribution < -0.4 is 5.32 Å². The molecular weight excluding hydrogens is 393 g/mol. The molecule has 138 valence electrons. The van der Waals surface area contributed by atoms with Crippen LogP contribution >= 0.6 is 23.2 Å². The van der Waals surface area contributed by atoms with Crippen molar-refractivity contribution in [1.82, 2.24) is 5.16 Å². The van der Waals surface area contributed by atoms with Crippen molar-refractivity contribution in [2.45, 2.75) is 13.8 Å². The SMILES string of the molecule is Cc1ccc(NC(=O)c2c(-c3c(Cl)cccc3Cl)noc2C)c([N+](=O)[O-])c1. The Morgan fingerprint density at radius 2 is 1.85 bits per heavy atom. The highest BCUT2D eigenvalue weighted by Crippen LogP contribution is 2.37. The summed E-state index contributed by atoms with van der Waals surface area (Å²) < 4.78 is 5.15. The van der Waals surface area contributed by atoms with Gasteiger partial charge in [-0.2, -0.15) is 0 Å². The number of halogens is 2. The van der Waals surface area contributed by atoms with Gasteiger partial charge in [-0.25, -0.2) is 0 Å². The maximum Gasteiger partial charge on any atom is 0.293 e. The van der Waals surface area contributed by atoms with Gasteiger partial charge in [0.05, 0.1) is 15.0 Å². The van der Waals surface area contributed by atoms with E-state index in [1.165, 1.54) is 12.1 Å². The molecule has 0 saturated heterocycles. The normalized spacial score (nSPS) is 10.7. The molecule has 0 aliphatic rings. The number of benzene rings is 2. The molecule has 0 bridgehead atoms. The van der Waals surface area contributed by atoms with Crippen LogP contribution in [0.3, 0.4) is 0 Å². The summed E-state index contributed by atoms with van der Waals surface area (Å²) in [6.07, 6.45) is 0. The number of anilines is 1. The van der Waals surface area contributed by atoms with Crippen molar-refractivity contribution in [3.63, 3.8) is 0 Å². The van der Waals surface area contributed by atoms with E-state index in [0.29, 0.717) is 21.2 Å². The van der Waals surface area contributed by atoms with E-state index >= 15 is 0 Å². The smallest absolute Gasteiger partial charge is 0.293 e. The summed E-state index contributed by atoms with van der Waals surface area (Å²) in [7, 11) is 0. The quantitative estimate of drug-likeness (QED) is 0.460. The summed E-state index contributed by atoms with van der Waals surface area (Å²) in [6, 6.07) is 9.39. The Labute approximate surface area is 164 Å². The largest absolute Gasteiger partial charge is 0.360 e. The first-order valence-electron chi connectivity index (χ1n) is 7.76. The fourth-order valence-corrected chi connectivity index (χ4v) is 3.19. The van der Waals surface area contributed by atoms with Gasteiger partial charge in [0.25, 0.3) is 11.6 Å². The van der Waals surface area contributed by atoms with Crippen LogP contribution in [0.2, 0.25) is 10.0 Å². The Morgan fingerprint density at radius 3 is 2.48 bits per heavy atom. The van der Waals surface area contributed by atoms with Gasteiger partial charge in [-0.3, -0.25) is 14.9 Å². The molecule has 0 saturated carbocycles. The van der Waals surface area contributed by atoms with E-state index in [9.17, 15) is 14.9 Å². The van der Waals surface area contributed by atoms with Gasteiger partial charge >= 0.3 is 0 Å². The minimum Gasteiger partial charge on any atom is -0.360 e. The molecular formula is C18H13Cl2N3O4. The van der Waals surface area contributed by atoms with Crippen LogP contribution in [0.15, 0.2) is 40.9 Å². The molecule has 1 aromatic heterocycles. The van der Waals surface area contributed by atoms with Crippen LogP contribution in [-0.2, 0) is 0 Å². The minimum atomic E-state index is -0.619. The summed E-state index contributed by atoms with van der Waals surface area (Å²) in [4.78, 5) is 23.6. The van der Waals surface area contributed by atoms with Gasteiger partial charge in [-0.15, -0.1) is 0 Å². The number of aryl methyl sites for hydroxylation is 2. The van der Waals surface area contributed by atoms with Crippen molar-refractivity contribution in [3.8, 4) is 11.3 Å². The number of amides is 1. The van der Waals surface area contributed by atoms with Crippen LogP contribution in [-0.4, -0.2) is 16.0 Å². The molecule has 0 unspecified atom stereocenters. The predicted molar refractivity (Wildman–Crippen MR) is 102 cm³/mol. The Kier molecular flexibility index (Phi) is 5.16. The third-order valence-electron chi connectivity index (χ3n) is 3.89.